The minimum Gasteiger partial charge on any atom is -0.0622 e. The van der Waals surface area contributed by atoms with Gasteiger partial charge in [0.2, 0.25) is 0 Å². The van der Waals surface area contributed by atoms with Gasteiger partial charge in [-0.3, -0.25) is 0 Å². The minimum atomic E-state index is 0.0604. The normalized spacial score (nSPS) is 14.4. The van der Waals surface area contributed by atoms with E-state index in [-0.39, 0.29) is 5.41 Å². The molecule has 0 N–H and O–H groups in total. The van der Waals surface area contributed by atoms with Gasteiger partial charge in [0.25, 0.3) is 0 Å². The van der Waals surface area contributed by atoms with Crippen LogP contribution >= 0.6 is 0 Å². The zero-order chi connectivity index (χ0) is 16.2. The molecule has 1 aliphatic carbocycles. The van der Waals surface area contributed by atoms with E-state index in [2.05, 4.69) is 88.4 Å². The molecule has 23 heavy (non-hydrogen) atoms. The van der Waals surface area contributed by atoms with Gasteiger partial charge in [-0.2, -0.15) is 0 Å². The molecule has 0 atom stereocenters. The standard InChI is InChI=1S/C23H22/c1-15-9-8-12-19-20-14-13-18(17-10-6-5-7-11-17)16(2)22(20)23(3,4)21(15)19/h5-14H,1-4H3. The Balaban J connectivity index is 2.03. The third-order valence-electron chi connectivity index (χ3n) is 5.36. The highest BCUT2D eigenvalue weighted by atomic mass is 14.4. The molecule has 3 aromatic carbocycles. The summed E-state index contributed by atoms with van der Waals surface area (Å²) in [6.45, 7) is 9.25. The molecule has 0 heteroatoms. The Morgan fingerprint density at radius 3 is 2.00 bits per heavy atom. The molecule has 0 bridgehead atoms. The first kappa shape index (κ1) is 14.3. The summed E-state index contributed by atoms with van der Waals surface area (Å²) in [6.07, 6.45) is 0. The molecule has 0 aromatic heterocycles. The van der Waals surface area contributed by atoms with Crippen LogP contribution in [-0.4, -0.2) is 0 Å². The zero-order valence-corrected chi connectivity index (χ0v) is 14.3. The fraction of sp³-hybridized carbons (Fsp3) is 0.217. The van der Waals surface area contributed by atoms with E-state index < -0.39 is 0 Å². The first-order valence-electron chi connectivity index (χ1n) is 8.32. The number of aryl methyl sites for hydroxylation is 1. The van der Waals surface area contributed by atoms with Crippen LogP contribution in [-0.2, 0) is 5.41 Å². The Bertz CT molecular complexity index is 899. The molecule has 4 rings (SSSR count). The number of fused-ring (bicyclic) bond motifs is 3. The Hall–Kier alpha value is -2.34. The number of benzene rings is 3. The van der Waals surface area contributed by atoms with Gasteiger partial charge in [-0.25, -0.2) is 0 Å². The molecule has 0 unspecified atom stereocenters. The van der Waals surface area contributed by atoms with Crippen molar-refractivity contribution in [3.05, 3.63) is 82.9 Å². The van der Waals surface area contributed by atoms with Crippen molar-refractivity contribution >= 4 is 0 Å². The smallest absolute Gasteiger partial charge is 0.0164 e. The van der Waals surface area contributed by atoms with Gasteiger partial charge in [0.15, 0.2) is 0 Å². The maximum Gasteiger partial charge on any atom is 0.0164 e. The van der Waals surface area contributed by atoms with Crippen LogP contribution in [0.15, 0.2) is 60.7 Å². The lowest BCUT2D eigenvalue weighted by molar-refractivity contribution is 0.651. The van der Waals surface area contributed by atoms with Crippen LogP contribution in [0.4, 0.5) is 0 Å². The lowest BCUT2D eigenvalue weighted by atomic mass is 9.77. The van der Waals surface area contributed by atoms with E-state index in [0.29, 0.717) is 0 Å². The summed E-state index contributed by atoms with van der Waals surface area (Å²) in [6, 6.07) is 22.0. The Morgan fingerprint density at radius 1 is 0.609 bits per heavy atom. The molecule has 0 fully saturated rings. The second-order valence-electron chi connectivity index (χ2n) is 7.15. The van der Waals surface area contributed by atoms with Crippen LogP contribution in [0.3, 0.4) is 0 Å². The van der Waals surface area contributed by atoms with Gasteiger partial charge in [0, 0.05) is 5.41 Å². The van der Waals surface area contributed by atoms with Crippen molar-refractivity contribution in [2.75, 3.05) is 0 Å². The van der Waals surface area contributed by atoms with Gasteiger partial charge >= 0.3 is 0 Å². The van der Waals surface area contributed by atoms with Gasteiger partial charge in [-0.05, 0) is 58.4 Å². The predicted octanol–water partition coefficient (Wildman–Crippen LogP) is 6.28. The van der Waals surface area contributed by atoms with Crippen molar-refractivity contribution in [1.29, 1.82) is 0 Å². The fourth-order valence-electron chi connectivity index (χ4n) is 4.52. The summed E-state index contributed by atoms with van der Waals surface area (Å²) >= 11 is 0. The van der Waals surface area contributed by atoms with Crippen LogP contribution in [0.2, 0.25) is 0 Å². The summed E-state index contributed by atoms with van der Waals surface area (Å²) in [4.78, 5) is 0. The third kappa shape index (κ3) is 1.91. The van der Waals surface area contributed by atoms with Crippen molar-refractivity contribution in [3.63, 3.8) is 0 Å². The molecule has 0 saturated carbocycles. The summed E-state index contributed by atoms with van der Waals surface area (Å²) in [7, 11) is 0. The molecule has 0 aliphatic heterocycles. The summed E-state index contributed by atoms with van der Waals surface area (Å²) < 4.78 is 0. The van der Waals surface area contributed by atoms with Crippen LogP contribution < -0.4 is 0 Å². The van der Waals surface area contributed by atoms with Gasteiger partial charge in [-0.15, -0.1) is 0 Å². The van der Waals surface area contributed by atoms with Crippen molar-refractivity contribution < 1.29 is 0 Å². The predicted molar refractivity (Wildman–Crippen MR) is 98.9 cm³/mol. The molecule has 3 aromatic rings. The third-order valence-corrected chi connectivity index (χ3v) is 5.36. The zero-order valence-electron chi connectivity index (χ0n) is 14.3. The number of hydrogen-bond donors (Lipinski definition) is 0. The SMILES string of the molecule is Cc1cccc2c1C(C)(C)c1c-2ccc(-c2ccccc2)c1C. The van der Waals surface area contributed by atoms with E-state index in [1.807, 2.05) is 0 Å². The topological polar surface area (TPSA) is 0 Å². The summed E-state index contributed by atoms with van der Waals surface area (Å²) in [5.74, 6) is 0. The van der Waals surface area contributed by atoms with Crippen molar-refractivity contribution in [2.24, 2.45) is 0 Å². The maximum atomic E-state index is 2.37. The summed E-state index contributed by atoms with van der Waals surface area (Å²) in [5.41, 5.74) is 11.3. The average Bonchev–Trinajstić information content (AvgIpc) is 2.78. The highest BCUT2D eigenvalue weighted by Gasteiger charge is 2.38. The number of hydrogen-bond acceptors (Lipinski definition) is 0. The van der Waals surface area contributed by atoms with E-state index in [0.717, 1.165) is 0 Å². The molecule has 0 amide bonds. The molecular formula is C23H22. The van der Waals surface area contributed by atoms with Gasteiger partial charge in [0.05, 0.1) is 0 Å². The first-order valence-corrected chi connectivity index (χ1v) is 8.32. The minimum absolute atomic E-state index is 0.0604. The highest BCUT2D eigenvalue weighted by Crippen LogP contribution is 2.52. The van der Waals surface area contributed by atoms with Crippen molar-refractivity contribution in [2.45, 2.75) is 33.1 Å². The van der Waals surface area contributed by atoms with E-state index in [9.17, 15) is 0 Å². The molecule has 114 valence electrons. The molecule has 0 heterocycles. The van der Waals surface area contributed by atoms with Gasteiger partial charge in [-0.1, -0.05) is 74.5 Å². The maximum absolute atomic E-state index is 2.37. The second kappa shape index (κ2) is 4.83. The van der Waals surface area contributed by atoms with E-state index >= 15 is 0 Å². The molecule has 0 radical (unpaired) electrons. The Labute approximate surface area is 138 Å². The average molecular weight is 298 g/mol. The van der Waals surface area contributed by atoms with E-state index in [1.54, 1.807) is 0 Å². The monoisotopic (exact) mass is 298 g/mol. The van der Waals surface area contributed by atoms with Crippen LogP contribution in [0.1, 0.15) is 36.1 Å². The summed E-state index contributed by atoms with van der Waals surface area (Å²) in [5, 5.41) is 0. The molecule has 1 aliphatic rings. The van der Waals surface area contributed by atoms with E-state index in [1.165, 1.54) is 44.5 Å². The fourth-order valence-corrected chi connectivity index (χ4v) is 4.52. The highest BCUT2D eigenvalue weighted by molar-refractivity contribution is 5.86. The van der Waals surface area contributed by atoms with Crippen LogP contribution in [0.5, 0.6) is 0 Å². The lowest BCUT2D eigenvalue weighted by Gasteiger charge is -2.26. The Kier molecular flexibility index (Phi) is 2.99. The largest absolute Gasteiger partial charge is 0.0622 e. The van der Waals surface area contributed by atoms with Gasteiger partial charge in [0.1, 0.15) is 0 Å². The van der Waals surface area contributed by atoms with Gasteiger partial charge < -0.3 is 0 Å². The Morgan fingerprint density at radius 2 is 1.26 bits per heavy atom. The van der Waals surface area contributed by atoms with Crippen LogP contribution in [0.25, 0.3) is 22.3 Å². The van der Waals surface area contributed by atoms with E-state index in [4.69, 9.17) is 0 Å². The molecular weight excluding hydrogens is 276 g/mol. The van der Waals surface area contributed by atoms with Crippen molar-refractivity contribution in [3.8, 4) is 22.3 Å². The van der Waals surface area contributed by atoms with Crippen LogP contribution in [0, 0.1) is 13.8 Å². The lowest BCUT2D eigenvalue weighted by Crippen LogP contribution is -2.18. The quantitative estimate of drug-likeness (QED) is 0.496. The number of rotatable bonds is 1. The first-order chi connectivity index (χ1) is 11.0. The molecule has 0 nitrogen and oxygen atoms in total. The molecule has 0 spiro atoms. The molecule has 0 saturated heterocycles. The van der Waals surface area contributed by atoms with Crippen molar-refractivity contribution in [1.82, 2.24) is 0 Å². The second-order valence-corrected chi connectivity index (χ2v) is 7.15.